The average molecular weight is 405 g/mol. The van der Waals surface area contributed by atoms with Crippen LogP contribution in [0.5, 0.6) is 5.75 Å². The van der Waals surface area contributed by atoms with E-state index in [0.717, 1.165) is 17.1 Å². The third-order valence-electron chi connectivity index (χ3n) is 5.80. The molecule has 3 nitrogen and oxygen atoms in total. The Hall–Kier alpha value is -3.85. The number of nitrogens with one attached hydrogen (secondary N) is 1. The minimum atomic E-state index is 0.617. The molecule has 0 aliphatic rings. The van der Waals surface area contributed by atoms with Gasteiger partial charge in [-0.1, -0.05) is 66.7 Å². The van der Waals surface area contributed by atoms with E-state index in [-0.39, 0.29) is 0 Å². The summed E-state index contributed by atoms with van der Waals surface area (Å²) >= 11 is 0. The Bertz CT molecular complexity index is 1390. The number of aromatic nitrogens is 1. The van der Waals surface area contributed by atoms with Gasteiger partial charge < -0.3 is 10.1 Å². The molecule has 0 radical (unpaired) electrons. The number of anilines is 1. The van der Waals surface area contributed by atoms with Gasteiger partial charge in [-0.25, -0.2) is 0 Å². The fourth-order valence-corrected chi connectivity index (χ4v) is 4.27. The Balaban J connectivity index is 1.69. The van der Waals surface area contributed by atoms with E-state index in [4.69, 9.17) is 4.74 Å². The molecular weight excluding hydrogens is 380 g/mol. The van der Waals surface area contributed by atoms with Crippen molar-refractivity contribution in [2.45, 2.75) is 13.5 Å². The molecule has 1 aromatic heterocycles. The highest BCUT2D eigenvalue weighted by atomic mass is 16.5. The SMILES string of the molecule is COc1ccnc(CNc2ccc3ccccc3c2-c2c(C)ccc3ccccc23)c1. The Morgan fingerprint density at radius 1 is 0.774 bits per heavy atom. The van der Waals surface area contributed by atoms with Gasteiger partial charge in [0.25, 0.3) is 0 Å². The predicted molar refractivity (Wildman–Crippen MR) is 130 cm³/mol. The van der Waals surface area contributed by atoms with Crippen molar-refractivity contribution in [3.8, 4) is 16.9 Å². The summed E-state index contributed by atoms with van der Waals surface area (Å²) in [5.41, 5.74) is 5.81. The fraction of sp³-hybridized carbons (Fsp3) is 0.107. The largest absolute Gasteiger partial charge is 0.497 e. The molecule has 0 saturated carbocycles. The average Bonchev–Trinajstić information content (AvgIpc) is 2.83. The van der Waals surface area contributed by atoms with E-state index in [1.165, 1.54) is 38.2 Å². The van der Waals surface area contributed by atoms with E-state index >= 15 is 0 Å². The van der Waals surface area contributed by atoms with Crippen LogP contribution in [0.25, 0.3) is 32.7 Å². The molecule has 0 bridgehead atoms. The molecule has 1 heterocycles. The first-order valence-corrected chi connectivity index (χ1v) is 10.5. The minimum absolute atomic E-state index is 0.617. The molecule has 0 atom stereocenters. The van der Waals surface area contributed by atoms with E-state index in [1.807, 2.05) is 12.1 Å². The van der Waals surface area contributed by atoms with Crippen LogP contribution in [0.3, 0.4) is 0 Å². The lowest BCUT2D eigenvalue weighted by Crippen LogP contribution is -2.04. The molecule has 4 aromatic carbocycles. The summed E-state index contributed by atoms with van der Waals surface area (Å²) in [5.74, 6) is 0.815. The van der Waals surface area contributed by atoms with Gasteiger partial charge in [0.2, 0.25) is 0 Å². The second-order valence-corrected chi connectivity index (χ2v) is 7.73. The number of aryl methyl sites for hydroxylation is 1. The summed E-state index contributed by atoms with van der Waals surface area (Å²) in [6, 6.07) is 29.8. The number of hydrogen-bond acceptors (Lipinski definition) is 3. The summed E-state index contributed by atoms with van der Waals surface area (Å²) in [6.45, 7) is 2.81. The van der Waals surface area contributed by atoms with Gasteiger partial charge in [-0.2, -0.15) is 0 Å². The number of rotatable bonds is 5. The molecule has 5 aromatic rings. The molecule has 0 fully saturated rings. The van der Waals surface area contributed by atoms with Crippen LogP contribution in [0.15, 0.2) is 91.1 Å². The van der Waals surface area contributed by atoms with Crippen LogP contribution >= 0.6 is 0 Å². The van der Waals surface area contributed by atoms with Crippen LogP contribution in [0.4, 0.5) is 5.69 Å². The van der Waals surface area contributed by atoms with E-state index in [9.17, 15) is 0 Å². The van der Waals surface area contributed by atoms with Gasteiger partial charge in [-0.15, -0.1) is 0 Å². The van der Waals surface area contributed by atoms with Crippen LogP contribution in [-0.2, 0) is 6.54 Å². The highest BCUT2D eigenvalue weighted by molar-refractivity contribution is 6.10. The third kappa shape index (κ3) is 3.59. The van der Waals surface area contributed by atoms with Crippen molar-refractivity contribution in [2.75, 3.05) is 12.4 Å². The van der Waals surface area contributed by atoms with E-state index in [0.29, 0.717) is 6.54 Å². The van der Waals surface area contributed by atoms with Gasteiger partial charge >= 0.3 is 0 Å². The second kappa shape index (κ2) is 8.11. The molecule has 31 heavy (non-hydrogen) atoms. The van der Waals surface area contributed by atoms with Crippen molar-refractivity contribution in [3.63, 3.8) is 0 Å². The molecule has 0 unspecified atom stereocenters. The number of hydrogen-bond donors (Lipinski definition) is 1. The Morgan fingerprint density at radius 2 is 1.45 bits per heavy atom. The van der Waals surface area contributed by atoms with Gasteiger partial charge in [0.1, 0.15) is 5.75 Å². The van der Waals surface area contributed by atoms with Crippen LogP contribution in [0.1, 0.15) is 11.3 Å². The van der Waals surface area contributed by atoms with E-state index in [1.54, 1.807) is 13.3 Å². The van der Waals surface area contributed by atoms with Gasteiger partial charge in [0.15, 0.2) is 0 Å². The number of benzene rings is 4. The maximum atomic E-state index is 5.35. The smallest absolute Gasteiger partial charge is 0.122 e. The molecule has 0 spiro atoms. The van der Waals surface area contributed by atoms with Crippen molar-refractivity contribution in [1.82, 2.24) is 4.98 Å². The highest BCUT2D eigenvalue weighted by Crippen LogP contribution is 2.41. The summed E-state index contributed by atoms with van der Waals surface area (Å²) in [5, 5.41) is 8.63. The number of ether oxygens (including phenoxy) is 1. The molecule has 3 heteroatoms. The van der Waals surface area contributed by atoms with Crippen LogP contribution in [0.2, 0.25) is 0 Å². The molecule has 0 saturated heterocycles. The summed E-state index contributed by atoms with van der Waals surface area (Å²) in [4.78, 5) is 4.49. The zero-order valence-electron chi connectivity index (χ0n) is 17.7. The predicted octanol–water partition coefficient (Wildman–Crippen LogP) is 6.98. The van der Waals surface area contributed by atoms with E-state index in [2.05, 4.69) is 90.0 Å². The molecule has 1 N–H and O–H groups in total. The molecule has 0 aliphatic heterocycles. The third-order valence-corrected chi connectivity index (χ3v) is 5.80. The number of methoxy groups -OCH3 is 1. The monoisotopic (exact) mass is 404 g/mol. The normalized spacial score (nSPS) is 11.0. The molecule has 152 valence electrons. The molecule has 0 aliphatic carbocycles. The van der Waals surface area contributed by atoms with Crippen LogP contribution in [-0.4, -0.2) is 12.1 Å². The number of nitrogens with zero attached hydrogens (tertiary/aromatic N) is 1. The summed E-state index contributed by atoms with van der Waals surface area (Å²) in [6.07, 6.45) is 1.78. The first-order valence-electron chi connectivity index (χ1n) is 10.5. The van der Waals surface area contributed by atoms with Crippen molar-refractivity contribution in [3.05, 3.63) is 102 Å². The molecular formula is C28H24N2O. The Labute approximate surface area is 182 Å². The van der Waals surface area contributed by atoms with Gasteiger partial charge in [0, 0.05) is 23.5 Å². The highest BCUT2D eigenvalue weighted by Gasteiger charge is 2.15. The Kier molecular flexibility index (Phi) is 5.01. The zero-order valence-corrected chi connectivity index (χ0v) is 17.7. The van der Waals surface area contributed by atoms with Gasteiger partial charge in [0.05, 0.1) is 19.3 Å². The van der Waals surface area contributed by atoms with Crippen molar-refractivity contribution in [1.29, 1.82) is 0 Å². The standard InChI is InChI=1S/C28H24N2O/c1-19-11-12-20-7-3-5-9-24(20)27(19)28-25-10-6-4-8-21(25)13-14-26(28)30-18-22-17-23(31-2)15-16-29-22/h3-17,30H,18H2,1-2H3. The van der Waals surface area contributed by atoms with Crippen molar-refractivity contribution >= 4 is 27.2 Å². The van der Waals surface area contributed by atoms with E-state index < -0.39 is 0 Å². The summed E-state index contributed by atoms with van der Waals surface area (Å²) in [7, 11) is 1.68. The molecule has 0 amide bonds. The first-order chi connectivity index (χ1) is 15.2. The maximum Gasteiger partial charge on any atom is 0.122 e. The van der Waals surface area contributed by atoms with Crippen molar-refractivity contribution < 1.29 is 4.74 Å². The lowest BCUT2D eigenvalue weighted by atomic mass is 9.89. The maximum absolute atomic E-state index is 5.35. The minimum Gasteiger partial charge on any atom is -0.497 e. The lowest BCUT2D eigenvalue weighted by Gasteiger charge is -2.19. The van der Waals surface area contributed by atoms with Crippen molar-refractivity contribution in [2.24, 2.45) is 0 Å². The summed E-state index contributed by atoms with van der Waals surface area (Å²) < 4.78 is 5.35. The van der Waals surface area contributed by atoms with Gasteiger partial charge in [-0.05, 0) is 51.7 Å². The lowest BCUT2D eigenvalue weighted by molar-refractivity contribution is 0.413. The second-order valence-electron chi connectivity index (χ2n) is 7.73. The Morgan fingerprint density at radius 3 is 2.19 bits per heavy atom. The topological polar surface area (TPSA) is 34.1 Å². The zero-order chi connectivity index (χ0) is 21.2. The van der Waals surface area contributed by atoms with Crippen LogP contribution in [0, 0.1) is 6.92 Å². The number of fused-ring (bicyclic) bond motifs is 2. The molecule has 5 rings (SSSR count). The number of pyridine rings is 1. The van der Waals surface area contributed by atoms with Gasteiger partial charge in [-0.3, -0.25) is 4.98 Å². The van der Waals surface area contributed by atoms with Crippen LogP contribution < -0.4 is 10.1 Å². The quantitative estimate of drug-likeness (QED) is 0.343. The first kappa shape index (κ1) is 19.1. The fourth-order valence-electron chi connectivity index (χ4n) is 4.27.